The zero-order valence-corrected chi connectivity index (χ0v) is 9.46. The van der Waals surface area contributed by atoms with Crippen molar-refractivity contribution in [1.29, 1.82) is 0 Å². The summed E-state index contributed by atoms with van der Waals surface area (Å²) in [6.45, 7) is 1.94. The summed E-state index contributed by atoms with van der Waals surface area (Å²) in [6, 6.07) is -0.975. The number of rotatable bonds is 4. The summed E-state index contributed by atoms with van der Waals surface area (Å²) >= 11 is 0. The van der Waals surface area contributed by atoms with Crippen molar-refractivity contribution in [3.63, 3.8) is 0 Å². The van der Waals surface area contributed by atoms with E-state index in [0.29, 0.717) is 6.42 Å². The maximum absolute atomic E-state index is 11.4. The van der Waals surface area contributed by atoms with Crippen molar-refractivity contribution in [2.24, 2.45) is 5.73 Å². The highest BCUT2D eigenvalue weighted by Gasteiger charge is 2.24. The van der Waals surface area contributed by atoms with Crippen LogP contribution in [-0.4, -0.2) is 32.2 Å². The zero-order chi connectivity index (χ0) is 11.5. The second kappa shape index (κ2) is 4.76. The summed E-state index contributed by atoms with van der Waals surface area (Å²) in [7, 11) is -3.12. The Morgan fingerprint density at radius 3 is 2.80 bits per heavy atom. The smallest absolute Gasteiger partial charge is 0.237 e. The van der Waals surface area contributed by atoms with Gasteiger partial charge in [-0.2, -0.15) is 0 Å². The van der Waals surface area contributed by atoms with Crippen LogP contribution in [-0.2, 0) is 14.6 Å². The van der Waals surface area contributed by atoms with Crippen LogP contribution in [0, 0.1) is 0 Å². The molecule has 1 unspecified atom stereocenters. The van der Waals surface area contributed by atoms with E-state index in [-0.39, 0.29) is 11.7 Å². The van der Waals surface area contributed by atoms with Gasteiger partial charge in [-0.15, -0.1) is 0 Å². The number of carbonyl (C=O) groups is 1. The molecule has 5 nitrogen and oxygen atoms in total. The second-order valence-electron chi connectivity index (χ2n) is 3.67. The van der Waals surface area contributed by atoms with Crippen molar-refractivity contribution in [3.05, 3.63) is 11.5 Å². The Morgan fingerprint density at radius 2 is 2.33 bits per heavy atom. The van der Waals surface area contributed by atoms with Gasteiger partial charge in [-0.3, -0.25) is 4.79 Å². The summed E-state index contributed by atoms with van der Waals surface area (Å²) in [5.41, 5.74) is 5.59. The van der Waals surface area contributed by atoms with Gasteiger partial charge >= 0.3 is 0 Å². The lowest BCUT2D eigenvalue weighted by Gasteiger charge is -2.14. The molecule has 0 saturated heterocycles. The van der Waals surface area contributed by atoms with Gasteiger partial charge in [0, 0.05) is 5.41 Å². The van der Waals surface area contributed by atoms with Crippen LogP contribution in [0.15, 0.2) is 11.5 Å². The minimum absolute atomic E-state index is 0.0580. The summed E-state index contributed by atoms with van der Waals surface area (Å²) in [5.74, 6) is -0.346. The van der Waals surface area contributed by atoms with Gasteiger partial charge in [0.05, 0.1) is 17.8 Å². The van der Waals surface area contributed by atoms with E-state index < -0.39 is 21.9 Å². The summed E-state index contributed by atoms with van der Waals surface area (Å²) < 4.78 is 22.1. The predicted molar refractivity (Wildman–Crippen MR) is 57.7 cm³/mol. The molecule has 2 atom stereocenters. The van der Waals surface area contributed by atoms with Crippen molar-refractivity contribution < 1.29 is 13.2 Å². The number of carbonyl (C=O) groups excluding carboxylic acids is 1. The van der Waals surface area contributed by atoms with Crippen molar-refractivity contribution in [3.8, 4) is 0 Å². The quantitative estimate of drug-likeness (QED) is 0.686. The van der Waals surface area contributed by atoms with Crippen molar-refractivity contribution in [2.75, 3.05) is 5.75 Å². The molecule has 0 aromatic heterocycles. The molecule has 0 radical (unpaired) electrons. The molecule has 0 saturated carbocycles. The third-order valence-electron chi connectivity index (χ3n) is 2.19. The molecule has 86 valence electrons. The Hall–Kier alpha value is -0.880. The Morgan fingerprint density at radius 1 is 1.67 bits per heavy atom. The fourth-order valence-corrected chi connectivity index (χ4v) is 2.63. The first kappa shape index (κ1) is 12.2. The molecule has 0 fully saturated rings. The van der Waals surface area contributed by atoms with E-state index in [4.69, 9.17) is 5.73 Å². The van der Waals surface area contributed by atoms with Crippen LogP contribution in [0.5, 0.6) is 0 Å². The summed E-state index contributed by atoms with van der Waals surface area (Å²) in [4.78, 5) is 11.4. The first-order valence-electron chi connectivity index (χ1n) is 4.91. The number of nitrogens with one attached hydrogen (secondary N) is 1. The lowest BCUT2D eigenvalue weighted by atomic mass is 10.1. The molecule has 1 aliphatic rings. The van der Waals surface area contributed by atoms with Crippen LogP contribution in [0.25, 0.3) is 0 Å². The van der Waals surface area contributed by atoms with Crippen LogP contribution in [0.2, 0.25) is 0 Å². The highest BCUT2D eigenvalue weighted by atomic mass is 32.2. The molecule has 3 N–H and O–H groups in total. The topological polar surface area (TPSA) is 89.3 Å². The molecule has 15 heavy (non-hydrogen) atoms. The highest BCUT2D eigenvalue weighted by molar-refractivity contribution is 7.94. The number of hydrogen-bond donors (Lipinski definition) is 2. The predicted octanol–water partition coefficient (Wildman–Crippen LogP) is -0.459. The molecule has 1 rings (SSSR count). The average Bonchev–Trinajstić information content (AvgIpc) is 2.46. The van der Waals surface area contributed by atoms with E-state index in [1.807, 2.05) is 6.92 Å². The number of sulfone groups is 1. The van der Waals surface area contributed by atoms with E-state index in [9.17, 15) is 13.2 Å². The van der Waals surface area contributed by atoms with Gasteiger partial charge in [0.2, 0.25) is 5.91 Å². The van der Waals surface area contributed by atoms with Crippen LogP contribution >= 0.6 is 0 Å². The van der Waals surface area contributed by atoms with E-state index in [2.05, 4.69) is 5.32 Å². The van der Waals surface area contributed by atoms with E-state index in [1.165, 1.54) is 6.08 Å². The van der Waals surface area contributed by atoms with Crippen LogP contribution in [0.1, 0.15) is 19.8 Å². The first-order valence-corrected chi connectivity index (χ1v) is 6.63. The molecule has 0 spiro atoms. The Balaban J connectivity index is 2.44. The first-order chi connectivity index (χ1) is 6.94. The van der Waals surface area contributed by atoms with Crippen molar-refractivity contribution >= 4 is 15.7 Å². The number of nitrogens with two attached hydrogens (primary N) is 1. The molecule has 6 heteroatoms. The molecular formula is C9H16N2O3S. The molecule has 0 bridgehead atoms. The fraction of sp³-hybridized carbons (Fsp3) is 0.667. The number of hydrogen-bond acceptors (Lipinski definition) is 4. The van der Waals surface area contributed by atoms with E-state index >= 15 is 0 Å². The van der Waals surface area contributed by atoms with Crippen LogP contribution in [0.3, 0.4) is 0 Å². The Labute approximate surface area is 89.6 Å². The van der Waals surface area contributed by atoms with Gasteiger partial charge in [-0.05, 0) is 12.5 Å². The average molecular weight is 232 g/mol. The van der Waals surface area contributed by atoms with E-state index in [0.717, 1.165) is 11.8 Å². The molecule has 0 aromatic rings. The minimum atomic E-state index is -3.12. The normalized spacial score (nSPS) is 25.1. The van der Waals surface area contributed by atoms with E-state index in [1.54, 1.807) is 0 Å². The lowest BCUT2D eigenvalue weighted by molar-refractivity contribution is -0.122. The minimum Gasteiger partial charge on any atom is -0.347 e. The van der Waals surface area contributed by atoms with Crippen molar-refractivity contribution in [2.45, 2.75) is 31.8 Å². The van der Waals surface area contributed by atoms with Gasteiger partial charge in [-0.1, -0.05) is 13.3 Å². The monoisotopic (exact) mass is 232 g/mol. The fourth-order valence-electron chi connectivity index (χ4n) is 1.40. The molecule has 1 aliphatic heterocycles. The largest absolute Gasteiger partial charge is 0.347 e. The maximum Gasteiger partial charge on any atom is 0.237 e. The zero-order valence-electron chi connectivity index (χ0n) is 8.64. The molecule has 0 aliphatic carbocycles. The molecule has 1 amide bonds. The van der Waals surface area contributed by atoms with Crippen LogP contribution in [0.4, 0.5) is 0 Å². The number of amides is 1. The molecular weight excluding hydrogens is 216 g/mol. The second-order valence-corrected chi connectivity index (χ2v) is 5.60. The summed E-state index contributed by atoms with van der Waals surface area (Å²) in [5, 5.41) is 3.72. The third-order valence-corrected chi connectivity index (χ3v) is 3.59. The van der Waals surface area contributed by atoms with Gasteiger partial charge in [-0.25, -0.2) is 8.42 Å². The molecule has 0 aromatic carbocycles. The SMILES string of the molecule is CCC[C@@H](N)C(=O)NC1C=CS(=O)(=O)C1. The Bertz CT molecular complexity index is 362. The maximum atomic E-state index is 11.4. The highest BCUT2D eigenvalue weighted by Crippen LogP contribution is 2.08. The Kier molecular flexibility index (Phi) is 3.87. The van der Waals surface area contributed by atoms with Crippen molar-refractivity contribution in [1.82, 2.24) is 5.32 Å². The van der Waals surface area contributed by atoms with Gasteiger partial charge in [0.15, 0.2) is 9.84 Å². The summed E-state index contributed by atoms with van der Waals surface area (Å²) in [6.07, 6.45) is 2.91. The molecule has 1 heterocycles. The lowest BCUT2D eigenvalue weighted by Crippen LogP contribution is -2.45. The van der Waals surface area contributed by atoms with Gasteiger partial charge in [0.1, 0.15) is 0 Å². The van der Waals surface area contributed by atoms with Gasteiger partial charge in [0.25, 0.3) is 0 Å². The van der Waals surface area contributed by atoms with Gasteiger partial charge < -0.3 is 11.1 Å². The standard InChI is InChI=1S/C9H16N2O3S/c1-2-3-8(10)9(12)11-7-4-5-15(13,14)6-7/h4-5,7-8H,2-3,6,10H2,1H3,(H,11,12)/t7?,8-/m1/s1. The third kappa shape index (κ3) is 3.64. The van der Waals surface area contributed by atoms with Crippen LogP contribution < -0.4 is 11.1 Å².